The maximum absolute atomic E-state index is 6.79. The van der Waals surface area contributed by atoms with E-state index in [0.29, 0.717) is 5.82 Å². The van der Waals surface area contributed by atoms with Gasteiger partial charge in [-0.3, -0.25) is 0 Å². The summed E-state index contributed by atoms with van der Waals surface area (Å²) in [5.41, 5.74) is 15.0. The lowest BCUT2D eigenvalue weighted by Crippen LogP contribution is -2.28. The third kappa shape index (κ3) is 4.42. The smallest absolute Gasteiger partial charge is 0.160 e. The number of hydrogen-bond donors (Lipinski definition) is 0. The van der Waals surface area contributed by atoms with E-state index in [0.717, 1.165) is 50.0 Å². The zero-order valence-corrected chi connectivity index (χ0v) is 27.2. The Labute approximate surface area is 285 Å². The highest BCUT2D eigenvalue weighted by molar-refractivity contribution is 6.11. The first-order valence-corrected chi connectivity index (χ1v) is 17.5. The first-order valence-electron chi connectivity index (χ1n) is 17.5. The minimum absolute atomic E-state index is 0.0576. The van der Waals surface area contributed by atoms with Gasteiger partial charge in [0, 0.05) is 38.4 Å². The lowest BCUT2D eigenvalue weighted by molar-refractivity contribution is 0.353. The van der Waals surface area contributed by atoms with Crippen LogP contribution in [0.3, 0.4) is 0 Å². The lowest BCUT2D eigenvalue weighted by atomic mass is 9.66. The zero-order valence-electron chi connectivity index (χ0n) is 27.2. The first kappa shape index (κ1) is 28.2. The van der Waals surface area contributed by atoms with Crippen molar-refractivity contribution in [2.45, 2.75) is 37.5 Å². The van der Waals surface area contributed by atoms with Crippen LogP contribution < -0.4 is 0 Å². The van der Waals surface area contributed by atoms with Crippen LogP contribution >= 0.6 is 0 Å². The zero-order chi connectivity index (χ0) is 32.4. The molecule has 10 rings (SSSR count). The van der Waals surface area contributed by atoms with Crippen LogP contribution in [0.2, 0.25) is 0 Å². The van der Waals surface area contributed by atoms with Crippen molar-refractivity contribution in [3.8, 4) is 56.2 Å². The molecule has 0 atom stereocenters. The number of aromatic nitrogens is 2. The van der Waals surface area contributed by atoms with Crippen LogP contribution in [0.15, 0.2) is 150 Å². The van der Waals surface area contributed by atoms with E-state index in [1.807, 2.05) is 24.3 Å². The second-order valence-corrected chi connectivity index (χ2v) is 13.6. The van der Waals surface area contributed by atoms with E-state index in [9.17, 15) is 0 Å². The van der Waals surface area contributed by atoms with Gasteiger partial charge in [0.05, 0.1) is 11.4 Å². The highest BCUT2D eigenvalue weighted by Crippen LogP contribution is 2.58. The molecule has 0 radical (unpaired) electrons. The Hall–Kier alpha value is -5.80. The van der Waals surface area contributed by atoms with Crippen molar-refractivity contribution >= 4 is 21.9 Å². The van der Waals surface area contributed by atoms with Crippen LogP contribution in [0.25, 0.3) is 78.1 Å². The molecule has 0 aliphatic heterocycles. The molecular formula is C46H34N2O. The number of rotatable bonds is 4. The molecule has 8 aromatic rings. The molecule has 0 N–H and O–H groups in total. The summed E-state index contributed by atoms with van der Waals surface area (Å²) in [7, 11) is 0. The predicted molar refractivity (Wildman–Crippen MR) is 200 cm³/mol. The Bertz CT molecular complexity index is 2470. The fraction of sp³-hybridized carbons (Fsp3) is 0.130. The third-order valence-corrected chi connectivity index (χ3v) is 10.9. The van der Waals surface area contributed by atoms with Gasteiger partial charge in [-0.05, 0) is 64.9 Å². The molecule has 3 nitrogen and oxygen atoms in total. The Kier molecular flexibility index (Phi) is 6.42. The second kappa shape index (κ2) is 11.1. The highest BCUT2D eigenvalue weighted by Gasteiger charge is 2.45. The Morgan fingerprint density at radius 3 is 1.90 bits per heavy atom. The van der Waals surface area contributed by atoms with Gasteiger partial charge in [0.1, 0.15) is 11.2 Å². The van der Waals surface area contributed by atoms with Gasteiger partial charge in [0.2, 0.25) is 0 Å². The topological polar surface area (TPSA) is 38.9 Å². The average Bonchev–Trinajstić information content (AvgIpc) is 3.69. The van der Waals surface area contributed by atoms with E-state index >= 15 is 0 Å². The number of furan rings is 1. The average molecular weight is 631 g/mol. The van der Waals surface area contributed by atoms with Crippen molar-refractivity contribution in [1.82, 2.24) is 9.97 Å². The van der Waals surface area contributed by atoms with Crippen molar-refractivity contribution in [1.29, 1.82) is 0 Å². The van der Waals surface area contributed by atoms with Gasteiger partial charge in [-0.1, -0.05) is 141 Å². The summed E-state index contributed by atoms with van der Waals surface area (Å²) in [5.74, 6) is 0.715. The molecule has 1 fully saturated rings. The van der Waals surface area contributed by atoms with E-state index in [1.54, 1.807) is 0 Å². The molecule has 0 amide bonds. The fourth-order valence-corrected chi connectivity index (χ4v) is 8.70. The molecule has 49 heavy (non-hydrogen) atoms. The molecule has 2 aromatic heterocycles. The van der Waals surface area contributed by atoms with E-state index in [4.69, 9.17) is 14.4 Å². The molecule has 0 unspecified atom stereocenters. The van der Waals surface area contributed by atoms with Gasteiger partial charge < -0.3 is 4.42 Å². The molecule has 2 heterocycles. The summed E-state index contributed by atoms with van der Waals surface area (Å²) in [6.07, 6.45) is 6.24. The number of hydrogen-bond acceptors (Lipinski definition) is 3. The van der Waals surface area contributed by atoms with E-state index in [2.05, 4.69) is 121 Å². The normalized spacial score (nSPS) is 14.7. The van der Waals surface area contributed by atoms with Crippen molar-refractivity contribution in [2.24, 2.45) is 0 Å². The molecule has 1 saturated carbocycles. The van der Waals surface area contributed by atoms with E-state index in [1.165, 1.54) is 65.5 Å². The molecule has 2 aliphatic carbocycles. The highest BCUT2D eigenvalue weighted by atomic mass is 16.3. The van der Waals surface area contributed by atoms with Crippen molar-refractivity contribution in [3.63, 3.8) is 0 Å². The largest absolute Gasteiger partial charge is 0.455 e. The van der Waals surface area contributed by atoms with Crippen LogP contribution in [0.4, 0.5) is 0 Å². The second-order valence-electron chi connectivity index (χ2n) is 13.6. The van der Waals surface area contributed by atoms with Gasteiger partial charge in [0.25, 0.3) is 0 Å². The monoisotopic (exact) mass is 630 g/mol. The minimum Gasteiger partial charge on any atom is -0.455 e. The summed E-state index contributed by atoms with van der Waals surface area (Å²) in [6.45, 7) is 0. The molecular weight excluding hydrogens is 597 g/mol. The molecule has 234 valence electrons. The lowest BCUT2D eigenvalue weighted by Gasteiger charge is -2.37. The molecule has 1 spiro atoms. The maximum atomic E-state index is 6.79. The summed E-state index contributed by atoms with van der Waals surface area (Å²) < 4.78 is 6.79. The number of nitrogens with zero attached hydrogens (tertiary/aromatic N) is 2. The molecule has 3 heteroatoms. The molecule has 2 aliphatic rings. The van der Waals surface area contributed by atoms with E-state index < -0.39 is 0 Å². The van der Waals surface area contributed by atoms with Gasteiger partial charge in [-0.2, -0.15) is 0 Å². The van der Waals surface area contributed by atoms with Crippen molar-refractivity contribution < 1.29 is 4.42 Å². The summed E-state index contributed by atoms with van der Waals surface area (Å²) >= 11 is 0. The van der Waals surface area contributed by atoms with Crippen LogP contribution in [0.5, 0.6) is 0 Å². The fourth-order valence-electron chi connectivity index (χ4n) is 8.70. The Balaban J connectivity index is 1.15. The van der Waals surface area contributed by atoms with Gasteiger partial charge in [-0.25, -0.2) is 9.97 Å². The number of benzene rings is 6. The quantitative estimate of drug-likeness (QED) is 0.194. The SMILES string of the molecule is c1ccc(-c2cc(-c3ccc4oc5c(-c6cccc7c6C6(CCCCC6)c6ccccc6-7)cccc5c4c3)nc(-c3ccccc3)n2)cc1. The van der Waals surface area contributed by atoms with Crippen LogP contribution in [0.1, 0.15) is 43.2 Å². The van der Waals surface area contributed by atoms with Crippen molar-refractivity contribution in [3.05, 3.63) is 157 Å². The van der Waals surface area contributed by atoms with Gasteiger partial charge >= 0.3 is 0 Å². The third-order valence-electron chi connectivity index (χ3n) is 10.9. The Morgan fingerprint density at radius 2 is 1.10 bits per heavy atom. The van der Waals surface area contributed by atoms with Crippen LogP contribution in [-0.2, 0) is 5.41 Å². The number of fused-ring (bicyclic) bond motifs is 8. The molecule has 6 aromatic carbocycles. The van der Waals surface area contributed by atoms with Gasteiger partial charge in [-0.15, -0.1) is 0 Å². The van der Waals surface area contributed by atoms with Crippen LogP contribution in [-0.4, -0.2) is 9.97 Å². The summed E-state index contributed by atoms with van der Waals surface area (Å²) in [4.78, 5) is 10.1. The number of para-hydroxylation sites is 1. The standard InChI is InChI=1S/C46H34N2O/c1-4-14-30(15-5-1)40-29-41(48-45(47-40)31-16-6-2-7-17-31)32-24-25-42-38(28-32)37-22-13-21-36(44(37)49-42)35-20-12-19-34-33-18-8-9-23-39(33)46(43(34)35)26-10-3-11-27-46/h1-2,4-9,12-25,28-29H,3,10-11,26-27H2. The van der Waals surface area contributed by atoms with Crippen molar-refractivity contribution in [2.75, 3.05) is 0 Å². The summed E-state index contributed by atoms with van der Waals surface area (Å²) in [6, 6.07) is 51.8. The Morgan fingerprint density at radius 1 is 0.469 bits per heavy atom. The van der Waals surface area contributed by atoms with E-state index in [-0.39, 0.29) is 5.41 Å². The van der Waals surface area contributed by atoms with Crippen LogP contribution in [0, 0.1) is 0 Å². The maximum Gasteiger partial charge on any atom is 0.160 e. The van der Waals surface area contributed by atoms with Gasteiger partial charge in [0.15, 0.2) is 5.82 Å². The molecule has 0 bridgehead atoms. The molecule has 0 saturated heterocycles. The summed E-state index contributed by atoms with van der Waals surface area (Å²) in [5, 5.41) is 2.22. The first-order chi connectivity index (χ1) is 24.3. The predicted octanol–water partition coefficient (Wildman–Crippen LogP) is 12.3. The minimum atomic E-state index is 0.0576.